The van der Waals surface area contributed by atoms with Crippen LogP contribution < -0.4 is 5.32 Å². The highest BCUT2D eigenvalue weighted by molar-refractivity contribution is 6.56. The summed E-state index contributed by atoms with van der Waals surface area (Å²) in [6.07, 6.45) is 1.34. The van der Waals surface area contributed by atoms with Gasteiger partial charge in [-0.05, 0) is 12.1 Å². The van der Waals surface area contributed by atoms with Gasteiger partial charge in [-0.3, -0.25) is 4.79 Å². The number of nitrogens with zero attached hydrogens (tertiary/aromatic N) is 1. The second kappa shape index (κ2) is 4.70. The normalized spacial score (nSPS) is 8.93. The zero-order valence-corrected chi connectivity index (χ0v) is 8.26. The molecule has 1 amide bonds. The molecule has 0 unspecified atom stereocenters. The third-order valence-corrected chi connectivity index (χ3v) is 1.66. The SMILES string of the molecule is N#CC(NC(=O)c1ccco1)=C(Cl)Cl. The Morgan fingerprint density at radius 2 is 2.29 bits per heavy atom. The molecule has 1 heterocycles. The van der Waals surface area contributed by atoms with Gasteiger partial charge in [0.15, 0.2) is 11.5 Å². The number of carbonyl (C=O) groups is 1. The Hall–Kier alpha value is -1.44. The number of hydrogen-bond donors (Lipinski definition) is 1. The summed E-state index contributed by atoms with van der Waals surface area (Å²) in [4.78, 5) is 11.3. The molecule has 0 fully saturated rings. The molecule has 1 aromatic rings. The van der Waals surface area contributed by atoms with Crippen LogP contribution in [0.5, 0.6) is 0 Å². The van der Waals surface area contributed by atoms with Gasteiger partial charge in [0.05, 0.1) is 6.26 Å². The van der Waals surface area contributed by atoms with Crippen molar-refractivity contribution in [3.63, 3.8) is 0 Å². The molecule has 0 aliphatic heterocycles. The Labute approximate surface area is 89.7 Å². The Kier molecular flexibility index (Phi) is 3.57. The van der Waals surface area contributed by atoms with Crippen molar-refractivity contribution in [3.05, 3.63) is 34.3 Å². The van der Waals surface area contributed by atoms with E-state index in [0.29, 0.717) is 0 Å². The predicted molar refractivity (Wildman–Crippen MR) is 50.5 cm³/mol. The van der Waals surface area contributed by atoms with Crippen molar-refractivity contribution in [3.8, 4) is 6.07 Å². The summed E-state index contributed by atoms with van der Waals surface area (Å²) >= 11 is 10.7. The first-order valence-electron chi connectivity index (χ1n) is 3.45. The number of furan rings is 1. The highest BCUT2D eigenvalue weighted by Crippen LogP contribution is 2.11. The van der Waals surface area contributed by atoms with Crippen molar-refractivity contribution in [1.82, 2.24) is 5.32 Å². The number of hydrogen-bond acceptors (Lipinski definition) is 3. The summed E-state index contributed by atoms with van der Waals surface area (Å²) in [5.74, 6) is -0.502. The molecule has 1 N–H and O–H groups in total. The first kappa shape index (κ1) is 10.6. The van der Waals surface area contributed by atoms with E-state index in [4.69, 9.17) is 32.9 Å². The van der Waals surface area contributed by atoms with Gasteiger partial charge >= 0.3 is 0 Å². The van der Waals surface area contributed by atoms with E-state index in [1.165, 1.54) is 12.3 Å². The van der Waals surface area contributed by atoms with E-state index in [2.05, 4.69) is 5.32 Å². The van der Waals surface area contributed by atoms with Crippen LogP contribution in [0.3, 0.4) is 0 Å². The first-order chi connectivity index (χ1) is 6.65. The lowest BCUT2D eigenvalue weighted by Gasteiger charge is -1.99. The van der Waals surface area contributed by atoms with Gasteiger partial charge in [0.25, 0.3) is 5.91 Å². The maximum Gasteiger partial charge on any atom is 0.291 e. The number of halogens is 2. The second-order valence-electron chi connectivity index (χ2n) is 2.18. The summed E-state index contributed by atoms with van der Waals surface area (Å²) in [6.45, 7) is 0. The maximum absolute atomic E-state index is 11.3. The molecule has 0 atom stereocenters. The highest BCUT2D eigenvalue weighted by Gasteiger charge is 2.11. The number of amides is 1. The lowest BCUT2D eigenvalue weighted by Crippen LogP contribution is -2.21. The number of rotatable bonds is 2. The number of allylic oxidation sites excluding steroid dienone is 1. The zero-order chi connectivity index (χ0) is 10.6. The molecule has 1 aromatic heterocycles. The molecule has 0 saturated heterocycles. The smallest absolute Gasteiger partial charge is 0.291 e. The zero-order valence-electron chi connectivity index (χ0n) is 6.75. The molecule has 0 aromatic carbocycles. The molecular formula is C8H4Cl2N2O2. The molecule has 0 spiro atoms. The quantitative estimate of drug-likeness (QED) is 0.793. The molecule has 0 aliphatic rings. The van der Waals surface area contributed by atoms with E-state index in [0.717, 1.165) is 0 Å². The van der Waals surface area contributed by atoms with E-state index >= 15 is 0 Å². The lowest BCUT2D eigenvalue weighted by molar-refractivity contribution is 0.0940. The predicted octanol–water partition coefficient (Wildman–Crippen LogP) is 2.18. The summed E-state index contributed by atoms with van der Waals surface area (Å²) in [5.41, 5.74) is -0.213. The minimum Gasteiger partial charge on any atom is -0.459 e. The fourth-order valence-electron chi connectivity index (χ4n) is 0.700. The standard InChI is InChI=1S/C8H4Cl2N2O2/c9-7(10)5(4-11)12-8(13)6-2-1-3-14-6/h1-3H,(H,12,13). The fourth-order valence-corrected chi connectivity index (χ4v) is 0.879. The van der Waals surface area contributed by atoms with E-state index in [-0.39, 0.29) is 15.9 Å². The van der Waals surface area contributed by atoms with E-state index in [9.17, 15) is 4.79 Å². The highest BCUT2D eigenvalue weighted by atomic mass is 35.5. The lowest BCUT2D eigenvalue weighted by atomic mass is 10.4. The molecule has 14 heavy (non-hydrogen) atoms. The van der Waals surface area contributed by atoms with Crippen LogP contribution in [0.4, 0.5) is 0 Å². The number of carbonyl (C=O) groups excluding carboxylic acids is 1. The van der Waals surface area contributed by atoms with Gasteiger partial charge in [-0.15, -0.1) is 0 Å². The van der Waals surface area contributed by atoms with Crippen molar-refractivity contribution in [2.24, 2.45) is 0 Å². The van der Waals surface area contributed by atoms with Crippen molar-refractivity contribution in [2.45, 2.75) is 0 Å². The third-order valence-electron chi connectivity index (χ3n) is 1.28. The van der Waals surface area contributed by atoms with Gasteiger partial charge in [-0.25, -0.2) is 0 Å². The summed E-state index contributed by atoms with van der Waals surface area (Å²) < 4.78 is 4.49. The van der Waals surface area contributed by atoms with Crippen molar-refractivity contribution >= 4 is 29.1 Å². The van der Waals surface area contributed by atoms with Gasteiger partial charge < -0.3 is 9.73 Å². The summed E-state index contributed by atoms with van der Waals surface area (Å²) in [6, 6.07) is 4.64. The van der Waals surface area contributed by atoms with Crippen LogP contribution in [-0.2, 0) is 0 Å². The van der Waals surface area contributed by atoms with Crippen molar-refractivity contribution in [1.29, 1.82) is 5.26 Å². The fraction of sp³-hybridized carbons (Fsp3) is 0. The van der Waals surface area contributed by atoms with Crippen LogP contribution in [0.25, 0.3) is 0 Å². The minimum absolute atomic E-state index is 0.0762. The van der Waals surface area contributed by atoms with Crippen LogP contribution >= 0.6 is 23.2 Å². The van der Waals surface area contributed by atoms with Crippen LogP contribution in [0, 0.1) is 11.3 Å². The van der Waals surface area contributed by atoms with Gasteiger partial charge in [0.1, 0.15) is 10.6 Å². The molecule has 72 valence electrons. The average Bonchev–Trinajstić information content (AvgIpc) is 2.65. The average molecular weight is 231 g/mol. The molecule has 4 nitrogen and oxygen atoms in total. The van der Waals surface area contributed by atoms with Crippen LogP contribution in [0.2, 0.25) is 0 Å². The number of nitrogens with one attached hydrogen (secondary N) is 1. The monoisotopic (exact) mass is 230 g/mol. The van der Waals surface area contributed by atoms with Gasteiger partial charge in [-0.1, -0.05) is 23.2 Å². The van der Waals surface area contributed by atoms with Gasteiger partial charge in [0, 0.05) is 0 Å². The second-order valence-corrected chi connectivity index (χ2v) is 3.13. The topological polar surface area (TPSA) is 66.0 Å². The van der Waals surface area contributed by atoms with Crippen molar-refractivity contribution in [2.75, 3.05) is 0 Å². The molecule has 6 heteroatoms. The Bertz CT molecular complexity index is 399. The minimum atomic E-state index is -0.578. The molecule has 0 saturated carbocycles. The molecule has 0 aliphatic carbocycles. The van der Waals surface area contributed by atoms with Gasteiger partial charge in [-0.2, -0.15) is 5.26 Å². The van der Waals surface area contributed by atoms with Crippen LogP contribution in [-0.4, -0.2) is 5.91 Å². The van der Waals surface area contributed by atoms with E-state index in [1.54, 1.807) is 12.1 Å². The van der Waals surface area contributed by atoms with Crippen LogP contribution in [0.15, 0.2) is 33.0 Å². The first-order valence-corrected chi connectivity index (χ1v) is 4.21. The van der Waals surface area contributed by atoms with Crippen LogP contribution in [0.1, 0.15) is 10.6 Å². The Balaban J connectivity index is 2.77. The summed E-state index contributed by atoms with van der Waals surface area (Å²) in [7, 11) is 0. The molecular weight excluding hydrogens is 227 g/mol. The van der Waals surface area contributed by atoms with Gasteiger partial charge in [0.2, 0.25) is 0 Å². The third kappa shape index (κ3) is 2.52. The van der Waals surface area contributed by atoms with Crippen molar-refractivity contribution < 1.29 is 9.21 Å². The van der Waals surface area contributed by atoms with E-state index in [1.807, 2.05) is 0 Å². The number of nitriles is 1. The molecule has 0 bridgehead atoms. The van der Waals surface area contributed by atoms with E-state index < -0.39 is 5.91 Å². The summed E-state index contributed by atoms with van der Waals surface area (Å²) in [5, 5.41) is 10.7. The molecule has 1 rings (SSSR count). The Morgan fingerprint density at radius 1 is 1.57 bits per heavy atom. The maximum atomic E-state index is 11.3. The molecule has 0 radical (unpaired) electrons. The Morgan fingerprint density at radius 3 is 2.71 bits per heavy atom. The largest absolute Gasteiger partial charge is 0.459 e.